The maximum atomic E-state index is 13.4. The molecular weight excluding hydrogens is 210 g/mol. The lowest BCUT2D eigenvalue weighted by Gasteiger charge is -2.23. The minimum atomic E-state index is -0.889. The molecular formula is C13H16F2O. The molecule has 1 aliphatic carbocycles. The van der Waals surface area contributed by atoms with Crippen molar-refractivity contribution in [3.05, 3.63) is 35.4 Å². The van der Waals surface area contributed by atoms with Crippen LogP contribution in [0.4, 0.5) is 8.78 Å². The van der Waals surface area contributed by atoms with Crippen molar-refractivity contribution in [1.29, 1.82) is 0 Å². The summed E-state index contributed by atoms with van der Waals surface area (Å²) >= 11 is 0. The van der Waals surface area contributed by atoms with Gasteiger partial charge >= 0.3 is 0 Å². The third-order valence-corrected chi connectivity index (χ3v) is 3.01. The predicted molar refractivity (Wildman–Crippen MR) is 58.0 cm³/mol. The van der Waals surface area contributed by atoms with E-state index in [0.29, 0.717) is 17.9 Å². The van der Waals surface area contributed by atoms with Crippen LogP contribution in [-0.4, -0.2) is 10.7 Å². The Morgan fingerprint density at radius 2 is 2.06 bits per heavy atom. The topological polar surface area (TPSA) is 20.2 Å². The van der Waals surface area contributed by atoms with Crippen LogP contribution in [0, 0.1) is 17.6 Å². The Balaban J connectivity index is 2.06. The van der Waals surface area contributed by atoms with Gasteiger partial charge in [-0.05, 0) is 30.9 Å². The largest absolute Gasteiger partial charge is 0.390 e. The molecule has 88 valence electrons. The zero-order chi connectivity index (χ0) is 11.8. The second-order valence-corrected chi connectivity index (χ2v) is 5.06. The molecule has 0 bridgehead atoms. The van der Waals surface area contributed by atoms with Gasteiger partial charge in [0.15, 0.2) is 0 Å². The van der Waals surface area contributed by atoms with Crippen LogP contribution in [0.15, 0.2) is 18.2 Å². The highest BCUT2D eigenvalue weighted by atomic mass is 19.1. The lowest BCUT2D eigenvalue weighted by atomic mass is 9.91. The van der Waals surface area contributed by atoms with Crippen molar-refractivity contribution in [2.75, 3.05) is 0 Å². The first-order valence-electron chi connectivity index (χ1n) is 5.63. The van der Waals surface area contributed by atoms with Gasteiger partial charge < -0.3 is 5.11 Å². The Morgan fingerprint density at radius 3 is 2.62 bits per heavy atom. The van der Waals surface area contributed by atoms with Gasteiger partial charge in [0.2, 0.25) is 0 Å². The number of benzene rings is 1. The average molecular weight is 226 g/mol. The predicted octanol–water partition coefficient (Wildman–Crippen LogP) is 3.06. The van der Waals surface area contributed by atoms with Crippen LogP contribution in [-0.2, 0) is 6.42 Å². The highest BCUT2D eigenvalue weighted by Gasteiger charge is 2.32. The molecule has 1 aromatic carbocycles. The Morgan fingerprint density at radius 1 is 1.38 bits per heavy atom. The number of hydrogen-bond donors (Lipinski definition) is 1. The van der Waals surface area contributed by atoms with E-state index in [9.17, 15) is 13.9 Å². The van der Waals surface area contributed by atoms with Gasteiger partial charge in [-0.1, -0.05) is 18.9 Å². The Labute approximate surface area is 94.1 Å². The third-order valence-electron chi connectivity index (χ3n) is 3.01. The molecule has 0 aliphatic heterocycles. The van der Waals surface area contributed by atoms with Crippen molar-refractivity contribution in [3.8, 4) is 0 Å². The van der Waals surface area contributed by atoms with E-state index in [2.05, 4.69) is 0 Å². The molecule has 1 fully saturated rings. The molecule has 1 atom stereocenters. The fourth-order valence-electron chi connectivity index (χ4n) is 2.09. The van der Waals surface area contributed by atoms with E-state index in [1.54, 1.807) is 6.92 Å². The molecule has 3 heteroatoms. The molecule has 1 aliphatic rings. The van der Waals surface area contributed by atoms with Gasteiger partial charge in [0.25, 0.3) is 0 Å². The van der Waals surface area contributed by atoms with Crippen molar-refractivity contribution in [1.82, 2.24) is 0 Å². The molecule has 1 nitrogen and oxygen atoms in total. The van der Waals surface area contributed by atoms with E-state index >= 15 is 0 Å². The van der Waals surface area contributed by atoms with E-state index in [-0.39, 0.29) is 6.42 Å². The zero-order valence-electron chi connectivity index (χ0n) is 9.34. The van der Waals surface area contributed by atoms with E-state index in [1.165, 1.54) is 12.1 Å². The third kappa shape index (κ3) is 3.01. The standard InChI is InChI=1S/C13H16F2O/c1-13(16,7-9-2-3-9)8-10-4-5-11(14)6-12(10)15/h4-6,9,16H,2-3,7-8H2,1H3. The first-order chi connectivity index (χ1) is 7.46. The van der Waals surface area contributed by atoms with Crippen LogP contribution in [0.3, 0.4) is 0 Å². The van der Waals surface area contributed by atoms with Gasteiger partial charge in [-0.2, -0.15) is 0 Å². The second kappa shape index (κ2) is 4.13. The zero-order valence-corrected chi connectivity index (χ0v) is 9.34. The molecule has 2 rings (SSSR count). The fourth-order valence-corrected chi connectivity index (χ4v) is 2.09. The molecule has 0 spiro atoms. The van der Waals surface area contributed by atoms with Gasteiger partial charge in [-0.3, -0.25) is 0 Å². The Kier molecular flexibility index (Phi) is 2.98. The normalized spacial score (nSPS) is 19.5. The lowest BCUT2D eigenvalue weighted by molar-refractivity contribution is 0.0446. The van der Waals surface area contributed by atoms with Crippen molar-refractivity contribution >= 4 is 0 Å². The summed E-state index contributed by atoms with van der Waals surface area (Å²) < 4.78 is 26.1. The summed E-state index contributed by atoms with van der Waals surface area (Å²) in [6.45, 7) is 1.72. The van der Waals surface area contributed by atoms with Gasteiger partial charge in [0.05, 0.1) is 5.60 Å². The first kappa shape index (κ1) is 11.5. The maximum absolute atomic E-state index is 13.4. The maximum Gasteiger partial charge on any atom is 0.129 e. The molecule has 16 heavy (non-hydrogen) atoms. The Hall–Kier alpha value is -0.960. The van der Waals surface area contributed by atoms with Crippen LogP contribution in [0.5, 0.6) is 0 Å². The van der Waals surface area contributed by atoms with Crippen LogP contribution in [0.1, 0.15) is 31.7 Å². The summed E-state index contributed by atoms with van der Waals surface area (Å²) in [6, 6.07) is 3.50. The van der Waals surface area contributed by atoms with Crippen molar-refractivity contribution in [2.45, 2.75) is 38.2 Å². The van der Waals surface area contributed by atoms with E-state index in [1.807, 2.05) is 0 Å². The van der Waals surface area contributed by atoms with E-state index < -0.39 is 17.2 Å². The lowest BCUT2D eigenvalue weighted by Crippen LogP contribution is -2.28. The average Bonchev–Trinajstić information content (AvgIpc) is 2.93. The molecule has 1 unspecified atom stereocenters. The SMILES string of the molecule is CC(O)(Cc1ccc(F)cc1F)CC1CC1. The van der Waals surface area contributed by atoms with Crippen molar-refractivity contribution in [2.24, 2.45) is 5.92 Å². The van der Waals surface area contributed by atoms with Crippen LogP contribution in [0.25, 0.3) is 0 Å². The first-order valence-corrected chi connectivity index (χ1v) is 5.63. The molecule has 1 saturated carbocycles. The summed E-state index contributed by atoms with van der Waals surface area (Å²) in [7, 11) is 0. The summed E-state index contributed by atoms with van der Waals surface area (Å²) in [5.74, 6) is -0.572. The van der Waals surface area contributed by atoms with Crippen molar-refractivity contribution in [3.63, 3.8) is 0 Å². The van der Waals surface area contributed by atoms with Crippen molar-refractivity contribution < 1.29 is 13.9 Å². The molecule has 1 aromatic rings. The van der Waals surface area contributed by atoms with Crippen LogP contribution in [0.2, 0.25) is 0 Å². The minimum Gasteiger partial charge on any atom is -0.390 e. The highest BCUT2D eigenvalue weighted by molar-refractivity contribution is 5.20. The fraction of sp³-hybridized carbons (Fsp3) is 0.538. The summed E-state index contributed by atoms with van der Waals surface area (Å²) in [5, 5.41) is 10.1. The molecule has 0 saturated heterocycles. The van der Waals surface area contributed by atoms with Crippen LogP contribution >= 0.6 is 0 Å². The number of aliphatic hydroxyl groups is 1. The van der Waals surface area contributed by atoms with E-state index in [4.69, 9.17) is 0 Å². The molecule has 0 heterocycles. The quantitative estimate of drug-likeness (QED) is 0.836. The highest BCUT2D eigenvalue weighted by Crippen LogP contribution is 2.37. The second-order valence-electron chi connectivity index (χ2n) is 5.06. The monoisotopic (exact) mass is 226 g/mol. The molecule has 0 aromatic heterocycles. The minimum absolute atomic E-state index is 0.246. The van der Waals surface area contributed by atoms with Crippen LogP contribution < -0.4 is 0 Å². The molecule has 0 radical (unpaired) electrons. The number of halogens is 2. The number of rotatable bonds is 4. The van der Waals surface area contributed by atoms with Gasteiger partial charge in [-0.15, -0.1) is 0 Å². The summed E-state index contributed by atoms with van der Waals surface area (Å²) in [5.41, 5.74) is -0.508. The van der Waals surface area contributed by atoms with Gasteiger partial charge in [-0.25, -0.2) is 8.78 Å². The summed E-state index contributed by atoms with van der Waals surface area (Å²) in [6.07, 6.45) is 3.25. The molecule has 0 amide bonds. The van der Waals surface area contributed by atoms with Gasteiger partial charge in [0, 0.05) is 12.5 Å². The molecule has 1 N–H and O–H groups in total. The van der Waals surface area contributed by atoms with E-state index in [0.717, 1.165) is 18.9 Å². The smallest absolute Gasteiger partial charge is 0.129 e. The summed E-state index contributed by atoms with van der Waals surface area (Å²) in [4.78, 5) is 0. The number of hydrogen-bond acceptors (Lipinski definition) is 1. The Bertz CT molecular complexity index is 384. The van der Waals surface area contributed by atoms with Gasteiger partial charge in [0.1, 0.15) is 11.6 Å².